The summed E-state index contributed by atoms with van der Waals surface area (Å²) in [4.78, 5) is 11.6. The zero-order chi connectivity index (χ0) is 12.8. The molecule has 0 radical (unpaired) electrons. The molecule has 0 saturated heterocycles. The number of hydrogen-bond acceptors (Lipinski definition) is 4. The number of hydrogen-bond donors (Lipinski definition) is 0. The van der Waals surface area contributed by atoms with Crippen LogP contribution in [0, 0.1) is 11.3 Å². The first kappa shape index (κ1) is 13.3. The predicted molar refractivity (Wildman–Crippen MR) is 63.2 cm³/mol. The first-order chi connectivity index (χ1) is 8.17. The summed E-state index contributed by atoms with van der Waals surface area (Å²) in [5.41, 5.74) is 1.21. The van der Waals surface area contributed by atoms with E-state index in [1.807, 2.05) is 6.07 Å². The van der Waals surface area contributed by atoms with Crippen LogP contribution in [0.5, 0.6) is 5.75 Å². The van der Waals surface area contributed by atoms with Gasteiger partial charge in [-0.05, 0) is 24.6 Å². The van der Waals surface area contributed by atoms with Gasteiger partial charge in [-0.25, -0.2) is 4.79 Å². The second-order valence-corrected chi connectivity index (χ2v) is 3.44. The highest BCUT2D eigenvalue weighted by Gasteiger charge is 2.17. The molecule has 0 heterocycles. The van der Waals surface area contributed by atoms with Gasteiger partial charge in [-0.2, -0.15) is 5.26 Å². The summed E-state index contributed by atoms with van der Waals surface area (Å²) in [7, 11) is 1.45. The van der Waals surface area contributed by atoms with Crippen molar-refractivity contribution in [3.05, 3.63) is 28.8 Å². The molecule has 0 atom stereocenters. The van der Waals surface area contributed by atoms with E-state index in [-0.39, 0.29) is 18.1 Å². The van der Waals surface area contributed by atoms with Gasteiger partial charge in [0.15, 0.2) is 0 Å². The van der Waals surface area contributed by atoms with Crippen molar-refractivity contribution in [2.75, 3.05) is 13.7 Å². The molecule has 0 N–H and O–H groups in total. The fraction of sp³-hybridized carbons (Fsp3) is 0.333. The van der Waals surface area contributed by atoms with Crippen molar-refractivity contribution in [2.24, 2.45) is 0 Å². The summed E-state index contributed by atoms with van der Waals surface area (Å²) in [5, 5.41) is 8.95. The van der Waals surface area contributed by atoms with E-state index >= 15 is 0 Å². The summed E-state index contributed by atoms with van der Waals surface area (Å²) in [5.74, 6) is 0.0302. The fourth-order valence-electron chi connectivity index (χ4n) is 1.37. The van der Waals surface area contributed by atoms with E-state index in [1.165, 1.54) is 13.2 Å². The third-order valence-electron chi connectivity index (χ3n) is 2.19. The van der Waals surface area contributed by atoms with Gasteiger partial charge >= 0.3 is 5.97 Å². The average molecular weight is 254 g/mol. The van der Waals surface area contributed by atoms with Crippen molar-refractivity contribution in [1.29, 1.82) is 5.26 Å². The minimum atomic E-state index is -0.512. The Morgan fingerprint density at radius 1 is 1.53 bits per heavy atom. The van der Waals surface area contributed by atoms with Crippen molar-refractivity contribution in [2.45, 2.75) is 12.8 Å². The maximum absolute atomic E-state index is 11.6. The highest BCUT2D eigenvalue weighted by atomic mass is 35.5. The monoisotopic (exact) mass is 253 g/mol. The zero-order valence-electron chi connectivity index (χ0n) is 9.62. The number of alkyl halides is 1. The maximum atomic E-state index is 11.6. The fourth-order valence-corrected chi connectivity index (χ4v) is 1.59. The topological polar surface area (TPSA) is 59.3 Å². The first-order valence-corrected chi connectivity index (χ1v) is 5.55. The molecule has 0 aromatic heterocycles. The number of benzene rings is 1. The van der Waals surface area contributed by atoms with Crippen molar-refractivity contribution >= 4 is 17.6 Å². The molecule has 0 saturated carbocycles. The molecular weight excluding hydrogens is 242 g/mol. The minimum Gasteiger partial charge on any atom is -0.496 e. The molecule has 0 bridgehead atoms. The van der Waals surface area contributed by atoms with Crippen LogP contribution in [0.1, 0.15) is 28.4 Å². The van der Waals surface area contributed by atoms with Crippen LogP contribution in [0.2, 0.25) is 0 Å². The Balaban J connectivity index is 3.29. The van der Waals surface area contributed by atoms with Crippen LogP contribution in [-0.4, -0.2) is 19.7 Å². The third-order valence-corrected chi connectivity index (χ3v) is 2.47. The number of nitriles is 1. The van der Waals surface area contributed by atoms with Crippen LogP contribution in [0.4, 0.5) is 0 Å². The Morgan fingerprint density at radius 3 is 2.71 bits per heavy atom. The summed E-state index contributed by atoms with van der Waals surface area (Å²) in [6.07, 6.45) is 0. The molecule has 0 aliphatic heterocycles. The summed E-state index contributed by atoms with van der Waals surface area (Å²) >= 11 is 5.71. The summed E-state index contributed by atoms with van der Waals surface area (Å²) in [6, 6.07) is 5.01. The molecule has 1 aromatic carbocycles. The van der Waals surface area contributed by atoms with E-state index in [9.17, 15) is 4.79 Å². The number of carbonyl (C=O) groups excluding carboxylic acids is 1. The molecule has 0 spiro atoms. The number of ether oxygens (including phenoxy) is 2. The SMILES string of the molecule is CCOC(=O)c1cc(C#N)c(CCl)cc1OC. The molecule has 0 aliphatic rings. The molecule has 90 valence electrons. The quantitative estimate of drug-likeness (QED) is 0.611. The predicted octanol–water partition coefficient (Wildman–Crippen LogP) is 2.48. The van der Waals surface area contributed by atoms with E-state index in [2.05, 4.69) is 0 Å². The molecule has 17 heavy (non-hydrogen) atoms. The van der Waals surface area contributed by atoms with Gasteiger partial charge in [0.25, 0.3) is 0 Å². The molecule has 0 fully saturated rings. The number of rotatable bonds is 4. The Hall–Kier alpha value is -1.73. The van der Waals surface area contributed by atoms with Crippen LogP contribution in [0.3, 0.4) is 0 Å². The smallest absolute Gasteiger partial charge is 0.341 e. The lowest BCUT2D eigenvalue weighted by atomic mass is 10.0. The normalized spacial score (nSPS) is 9.53. The van der Waals surface area contributed by atoms with Gasteiger partial charge in [0.2, 0.25) is 0 Å². The van der Waals surface area contributed by atoms with Gasteiger partial charge in [-0.3, -0.25) is 0 Å². The lowest BCUT2D eigenvalue weighted by Crippen LogP contribution is -2.08. The van der Waals surface area contributed by atoms with Crippen LogP contribution >= 0.6 is 11.6 Å². The van der Waals surface area contributed by atoms with E-state index in [1.54, 1.807) is 13.0 Å². The van der Waals surface area contributed by atoms with Crippen molar-refractivity contribution in [3.8, 4) is 11.8 Å². The second-order valence-electron chi connectivity index (χ2n) is 3.18. The molecule has 0 unspecified atom stereocenters. The van der Waals surface area contributed by atoms with Crippen LogP contribution < -0.4 is 4.74 Å². The summed E-state index contributed by atoms with van der Waals surface area (Å²) in [6.45, 7) is 1.98. The van der Waals surface area contributed by atoms with Gasteiger partial charge in [0.05, 0.1) is 25.3 Å². The molecule has 1 rings (SSSR count). The van der Waals surface area contributed by atoms with Crippen molar-refractivity contribution in [3.63, 3.8) is 0 Å². The number of esters is 1. The molecule has 4 nitrogen and oxygen atoms in total. The van der Waals surface area contributed by atoms with E-state index in [0.29, 0.717) is 16.9 Å². The van der Waals surface area contributed by atoms with Crippen LogP contribution in [-0.2, 0) is 10.6 Å². The molecule has 0 amide bonds. The van der Waals surface area contributed by atoms with Crippen molar-refractivity contribution in [1.82, 2.24) is 0 Å². The lowest BCUT2D eigenvalue weighted by Gasteiger charge is -2.10. The lowest BCUT2D eigenvalue weighted by molar-refractivity contribution is 0.0522. The highest BCUT2D eigenvalue weighted by Crippen LogP contribution is 2.25. The molecule has 1 aromatic rings. The van der Waals surface area contributed by atoms with E-state index in [4.69, 9.17) is 26.3 Å². The van der Waals surface area contributed by atoms with Crippen LogP contribution in [0.15, 0.2) is 12.1 Å². The van der Waals surface area contributed by atoms with E-state index in [0.717, 1.165) is 0 Å². The zero-order valence-corrected chi connectivity index (χ0v) is 10.4. The third kappa shape index (κ3) is 2.89. The summed E-state index contributed by atoms with van der Waals surface area (Å²) < 4.78 is 9.97. The van der Waals surface area contributed by atoms with Gasteiger partial charge in [-0.1, -0.05) is 0 Å². The Bertz CT molecular complexity index is 466. The molecular formula is C12H12ClNO3. The number of methoxy groups -OCH3 is 1. The number of halogens is 1. The first-order valence-electron chi connectivity index (χ1n) is 5.02. The van der Waals surface area contributed by atoms with Gasteiger partial charge < -0.3 is 9.47 Å². The number of carbonyl (C=O) groups is 1. The highest BCUT2D eigenvalue weighted by molar-refractivity contribution is 6.17. The Labute approximate surface area is 105 Å². The van der Waals surface area contributed by atoms with Gasteiger partial charge in [0.1, 0.15) is 11.3 Å². The minimum absolute atomic E-state index is 0.183. The van der Waals surface area contributed by atoms with E-state index < -0.39 is 5.97 Å². The van der Waals surface area contributed by atoms with Crippen LogP contribution in [0.25, 0.3) is 0 Å². The number of nitrogens with zero attached hydrogens (tertiary/aromatic N) is 1. The standard InChI is InChI=1S/C12H12ClNO3/c1-3-17-12(15)10-4-9(7-14)8(6-13)5-11(10)16-2/h4-5H,3,6H2,1-2H3. The Kier molecular flexibility index (Phi) is 4.80. The van der Waals surface area contributed by atoms with Crippen molar-refractivity contribution < 1.29 is 14.3 Å². The molecule has 5 heteroatoms. The maximum Gasteiger partial charge on any atom is 0.341 e. The van der Waals surface area contributed by atoms with Gasteiger partial charge in [0, 0.05) is 5.88 Å². The van der Waals surface area contributed by atoms with Gasteiger partial charge in [-0.15, -0.1) is 11.6 Å². The Morgan fingerprint density at radius 2 is 2.24 bits per heavy atom. The second kappa shape index (κ2) is 6.12. The average Bonchev–Trinajstić information content (AvgIpc) is 2.37. The largest absolute Gasteiger partial charge is 0.496 e. The molecule has 0 aliphatic carbocycles.